The Bertz CT molecular complexity index is 1440. The fourth-order valence-corrected chi connectivity index (χ4v) is 4.35. The number of rotatable bonds is 8. The molecule has 2 N–H and O–H groups in total. The highest BCUT2D eigenvalue weighted by Gasteiger charge is 2.51. The summed E-state index contributed by atoms with van der Waals surface area (Å²) < 4.78 is 23.6. The first kappa shape index (κ1) is 24.2. The lowest BCUT2D eigenvalue weighted by Crippen LogP contribution is -2.19. The maximum Gasteiger partial charge on any atom is 0.412 e. The largest absolute Gasteiger partial charge is 0.481 e. The van der Waals surface area contributed by atoms with Gasteiger partial charge in [0.25, 0.3) is 0 Å². The lowest BCUT2D eigenvalue weighted by Gasteiger charge is -2.11. The predicted molar refractivity (Wildman–Crippen MR) is 136 cm³/mol. The molecular weight excluding hydrogens is 475 g/mol. The number of anilines is 1. The van der Waals surface area contributed by atoms with Crippen molar-refractivity contribution < 1.29 is 28.3 Å². The van der Waals surface area contributed by atoms with Crippen LogP contribution in [0.25, 0.3) is 22.5 Å². The number of carbonyl (C=O) groups is 2. The van der Waals surface area contributed by atoms with Crippen LogP contribution < -0.4 is 5.32 Å². The standard InChI is InChI=1S/C29H25FN2O5/c1-18-25(31-28(35)36-17-20-4-2-3-19(15-20)16-30)26(37-32-18)23-7-5-21(6-8-23)22-9-11-24(12-10-22)29(13-14-29)27(33)34/h2-12,15H,13-14,16-17H2,1H3,(H,31,35)(H,33,34). The van der Waals surface area contributed by atoms with Gasteiger partial charge < -0.3 is 14.4 Å². The molecule has 0 aliphatic heterocycles. The highest BCUT2D eigenvalue weighted by atomic mass is 19.1. The number of nitrogens with one attached hydrogen (secondary N) is 1. The lowest BCUT2D eigenvalue weighted by atomic mass is 9.93. The second kappa shape index (κ2) is 9.89. The second-order valence-corrected chi connectivity index (χ2v) is 9.17. The lowest BCUT2D eigenvalue weighted by molar-refractivity contribution is -0.140. The number of carboxylic acids is 1. The third-order valence-electron chi connectivity index (χ3n) is 6.68. The quantitative estimate of drug-likeness (QED) is 0.281. The van der Waals surface area contributed by atoms with Gasteiger partial charge in [-0.3, -0.25) is 10.1 Å². The summed E-state index contributed by atoms with van der Waals surface area (Å²) in [6, 6.07) is 22.0. The molecule has 1 aliphatic carbocycles. The summed E-state index contributed by atoms with van der Waals surface area (Å²) in [5.74, 6) is -0.376. The maximum absolute atomic E-state index is 12.9. The zero-order valence-electron chi connectivity index (χ0n) is 20.2. The summed E-state index contributed by atoms with van der Waals surface area (Å²) in [5.41, 5.74) is 4.85. The number of halogens is 1. The van der Waals surface area contributed by atoms with Crippen LogP contribution in [0.3, 0.4) is 0 Å². The molecule has 1 saturated carbocycles. The number of aromatic nitrogens is 1. The number of aryl methyl sites for hydroxylation is 1. The van der Waals surface area contributed by atoms with E-state index < -0.39 is 24.2 Å². The third kappa shape index (κ3) is 4.95. The van der Waals surface area contributed by atoms with Crippen molar-refractivity contribution >= 4 is 17.7 Å². The van der Waals surface area contributed by atoms with Crippen LogP contribution in [0, 0.1) is 6.92 Å². The third-order valence-corrected chi connectivity index (χ3v) is 6.68. The van der Waals surface area contributed by atoms with Crippen LogP contribution in [-0.2, 0) is 28.2 Å². The number of aliphatic carboxylic acids is 1. The number of alkyl halides is 1. The first-order valence-electron chi connectivity index (χ1n) is 11.9. The molecule has 8 heteroatoms. The number of hydrogen-bond donors (Lipinski definition) is 2. The minimum absolute atomic E-state index is 0.000403. The van der Waals surface area contributed by atoms with E-state index in [9.17, 15) is 19.1 Å². The normalized spacial score (nSPS) is 13.7. The summed E-state index contributed by atoms with van der Waals surface area (Å²) >= 11 is 0. The van der Waals surface area contributed by atoms with Gasteiger partial charge in [0.15, 0.2) is 5.76 Å². The molecule has 0 radical (unpaired) electrons. The van der Waals surface area contributed by atoms with Crippen LogP contribution in [0.1, 0.15) is 35.2 Å². The van der Waals surface area contributed by atoms with Gasteiger partial charge in [-0.25, -0.2) is 9.18 Å². The molecule has 5 rings (SSSR count). The van der Waals surface area contributed by atoms with Crippen LogP contribution in [-0.4, -0.2) is 22.3 Å². The zero-order valence-corrected chi connectivity index (χ0v) is 20.2. The van der Waals surface area contributed by atoms with Crippen molar-refractivity contribution in [1.82, 2.24) is 5.16 Å². The average Bonchev–Trinajstić information content (AvgIpc) is 3.67. The summed E-state index contributed by atoms with van der Waals surface area (Å²) in [6.07, 6.45) is 0.664. The Balaban J connectivity index is 1.27. The zero-order chi connectivity index (χ0) is 26.0. The van der Waals surface area contributed by atoms with E-state index in [2.05, 4.69) is 10.5 Å². The Labute approximate surface area is 212 Å². The topological polar surface area (TPSA) is 102 Å². The van der Waals surface area contributed by atoms with Crippen molar-refractivity contribution in [3.63, 3.8) is 0 Å². The summed E-state index contributed by atoms with van der Waals surface area (Å²) in [7, 11) is 0. The Morgan fingerprint density at radius 1 is 1.00 bits per heavy atom. The molecule has 7 nitrogen and oxygen atoms in total. The fourth-order valence-electron chi connectivity index (χ4n) is 4.35. The predicted octanol–water partition coefficient (Wildman–Crippen LogP) is 6.65. The van der Waals surface area contributed by atoms with E-state index in [4.69, 9.17) is 9.26 Å². The molecule has 0 spiro atoms. The van der Waals surface area contributed by atoms with Crippen LogP contribution in [0.4, 0.5) is 14.9 Å². The summed E-state index contributed by atoms with van der Waals surface area (Å²) in [6.45, 7) is 1.13. The highest BCUT2D eigenvalue weighted by Crippen LogP contribution is 2.48. The Morgan fingerprint density at radius 2 is 1.62 bits per heavy atom. The second-order valence-electron chi connectivity index (χ2n) is 9.17. The van der Waals surface area contributed by atoms with Gasteiger partial charge in [0.1, 0.15) is 24.7 Å². The molecular formula is C29H25FN2O5. The molecule has 188 valence electrons. The molecule has 1 fully saturated rings. The van der Waals surface area contributed by atoms with E-state index in [1.807, 2.05) is 48.5 Å². The Morgan fingerprint density at radius 3 is 2.24 bits per heavy atom. The molecule has 1 aliphatic rings. The molecule has 1 amide bonds. The smallest absolute Gasteiger partial charge is 0.412 e. The van der Waals surface area contributed by atoms with Crippen LogP contribution >= 0.6 is 0 Å². The number of ether oxygens (including phenoxy) is 1. The molecule has 3 aromatic carbocycles. The van der Waals surface area contributed by atoms with E-state index in [1.54, 1.807) is 31.2 Å². The number of nitrogens with zero attached hydrogens (tertiary/aromatic N) is 1. The number of benzene rings is 3. The molecule has 1 heterocycles. The first-order valence-corrected chi connectivity index (χ1v) is 11.9. The van der Waals surface area contributed by atoms with Crippen LogP contribution in [0.15, 0.2) is 77.3 Å². The van der Waals surface area contributed by atoms with Gasteiger partial charge in [-0.05, 0) is 53.6 Å². The number of carboxylic acid groups (broad SMARTS) is 1. The van der Waals surface area contributed by atoms with Crippen molar-refractivity contribution in [3.8, 4) is 22.5 Å². The van der Waals surface area contributed by atoms with Gasteiger partial charge in [-0.1, -0.05) is 71.9 Å². The molecule has 37 heavy (non-hydrogen) atoms. The van der Waals surface area contributed by atoms with Crippen molar-refractivity contribution in [1.29, 1.82) is 0 Å². The van der Waals surface area contributed by atoms with E-state index >= 15 is 0 Å². The highest BCUT2D eigenvalue weighted by molar-refractivity contribution is 5.91. The van der Waals surface area contributed by atoms with Gasteiger partial charge >= 0.3 is 12.1 Å². The SMILES string of the molecule is Cc1noc(-c2ccc(-c3ccc(C4(C(=O)O)CC4)cc3)cc2)c1NC(=O)OCc1cccc(CF)c1. The minimum atomic E-state index is -0.772. The Hall–Kier alpha value is -4.46. The molecule has 0 saturated heterocycles. The number of carbonyl (C=O) groups excluding carboxylic acids is 1. The van der Waals surface area contributed by atoms with Crippen molar-refractivity contribution in [2.45, 2.75) is 38.5 Å². The summed E-state index contributed by atoms with van der Waals surface area (Å²) in [4.78, 5) is 24.0. The molecule has 0 bridgehead atoms. The molecule has 0 unspecified atom stereocenters. The average molecular weight is 501 g/mol. The van der Waals surface area contributed by atoms with Gasteiger partial charge in [0, 0.05) is 5.56 Å². The first-order chi connectivity index (χ1) is 17.9. The Kier molecular flexibility index (Phi) is 6.48. The monoisotopic (exact) mass is 500 g/mol. The van der Waals surface area contributed by atoms with Crippen molar-refractivity contribution in [2.75, 3.05) is 5.32 Å². The van der Waals surface area contributed by atoms with Crippen molar-refractivity contribution in [2.24, 2.45) is 0 Å². The molecule has 1 aromatic heterocycles. The van der Waals surface area contributed by atoms with Crippen LogP contribution in [0.5, 0.6) is 0 Å². The summed E-state index contributed by atoms with van der Waals surface area (Å²) in [5, 5.41) is 16.2. The van der Waals surface area contributed by atoms with Gasteiger partial charge in [-0.15, -0.1) is 0 Å². The minimum Gasteiger partial charge on any atom is -0.481 e. The van der Waals surface area contributed by atoms with Crippen LogP contribution in [0.2, 0.25) is 0 Å². The van der Waals surface area contributed by atoms with E-state index in [1.165, 1.54) is 0 Å². The fraction of sp³-hybridized carbons (Fsp3) is 0.207. The van der Waals surface area contributed by atoms with Gasteiger partial charge in [0.2, 0.25) is 0 Å². The maximum atomic E-state index is 12.9. The van der Waals surface area contributed by atoms with E-state index in [-0.39, 0.29) is 6.61 Å². The molecule has 4 aromatic rings. The van der Waals surface area contributed by atoms with E-state index in [0.29, 0.717) is 41.1 Å². The van der Waals surface area contributed by atoms with Gasteiger partial charge in [-0.2, -0.15) is 0 Å². The molecule has 0 atom stereocenters. The number of amides is 1. The number of hydrogen-bond acceptors (Lipinski definition) is 5. The van der Waals surface area contributed by atoms with E-state index in [0.717, 1.165) is 22.3 Å². The van der Waals surface area contributed by atoms with Gasteiger partial charge in [0.05, 0.1) is 5.41 Å². The van der Waals surface area contributed by atoms with Crippen molar-refractivity contribution in [3.05, 3.63) is 95.2 Å².